The molecule has 0 spiro atoms. The summed E-state index contributed by atoms with van der Waals surface area (Å²) in [5.74, 6) is -0.414. The van der Waals surface area contributed by atoms with Crippen LogP contribution in [0.15, 0.2) is 0 Å². The molecule has 1 aliphatic carbocycles. The Balaban J connectivity index is 2.14. The van der Waals surface area contributed by atoms with E-state index >= 15 is 0 Å². The van der Waals surface area contributed by atoms with Gasteiger partial charge in [0.15, 0.2) is 15.2 Å². The molecule has 0 bridgehead atoms. The Morgan fingerprint density at radius 1 is 1.37 bits per heavy atom. The third-order valence-corrected chi connectivity index (χ3v) is 5.13. The molecule has 0 amide bonds. The van der Waals surface area contributed by atoms with Gasteiger partial charge in [-0.15, -0.1) is 0 Å². The van der Waals surface area contributed by atoms with Crippen molar-refractivity contribution in [2.24, 2.45) is 0 Å². The number of thiazole rings is 1. The summed E-state index contributed by atoms with van der Waals surface area (Å²) in [5, 5.41) is 1.05. The molecule has 0 N–H and O–H groups in total. The zero-order chi connectivity index (χ0) is 13.8. The second-order valence-corrected chi connectivity index (χ2v) is 6.20. The number of ether oxygens (including phenoxy) is 1. The van der Waals surface area contributed by atoms with Gasteiger partial charge < -0.3 is 9.64 Å². The van der Waals surface area contributed by atoms with Gasteiger partial charge in [-0.05, 0) is 12.8 Å². The lowest BCUT2D eigenvalue weighted by atomic mass is 10.1. The number of carbonyl (C=O) groups is 1. The zero-order valence-electron chi connectivity index (χ0n) is 11.3. The van der Waals surface area contributed by atoms with Crippen LogP contribution >= 0.6 is 22.9 Å². The number of nitrogens with zero attached hydrogens (tertiary/aromatic N) is 2. The van der Waals surface area contributed by atoms with Gasteiger partial charge in [0.05, 0.1) is 7.11 Å². The summed E-state index contributed by atoms with van der Waals surface area (Å²) >= 11 is 7.31. The maximum atomic E-state index is 11.5. The molecule has 0 radical (unpaired) electrons. The highest BCUT2D eigenvalue weighted by Crippen LogP contribution is 2.33. The van der Waals surface area contributed by atoms with Gasteiger partial charge in [-0.25, -0.2) is 9.78 Å². The highest BCUT2D eigenvalue weighted by Gasteiger charge is 2.23. The second-order valence-electron chi connectivity index (χ2n) is 4.86. The van der Waals surface area contributed by atoms with E-state index in [9.17, 15) is 4.79 Å². The first-order valence-corrected chi connectivity index (χ1v) is 7.80. The zero-order valence-corrected chi connectivity index (χ0v) is 12.9. The van der Waals surface area contributed by atoms with E-state index in [1.807, 2.05) is 7.05 Å². The van der Waals surface area contributed by atoms with Crippen LogP contribution in [0.3, 0.4) is 0 Å². The van der Waals surface area contributed by atoms with Crippen molar-refractivity contribution < 1.29 is 9.53 Å². The number of carbonyl (C=O) groups excluding carboxylic acids is 1. The van der Waals surface area contributed by atoms with Gasteiger partial charge in [-0.3, -0.25) is 0 Å². The predicted molar refractivity (Wildman–Crippen MR) is 78.4 cm³/mol. The SMILES string of the molecule is COC(=O)c1sc(N(C)C2CCCCCC2)nc1Cl. The third-order valence-electron chi connectivity index (χ3n) is 3.62. The Hall–Kier alpha value is -0.810. The van der Waals surface area contributed by atoms with Crippen LogP contribution in [0.4, 0.5) is 5.13 Å². The van der Waals surface area contributed by atoms with Crippen LogP contribution in [-0.4, -0.2) is 31.2 Å². The van der Waals surface area contributed by atoms with Gasteiger partial charge in [0.2, 0.25) is 0 Å². The molecule has 1 heterocycles. The smallest absolute Gasteiger partial charge is 0.351 e. The van der Waals surface area contributed by atoms with Gasteiger partial charge in [-0.1, -0.05) is 48.6 Å². The van der Waals surface area contributed by atoms with Crippen molar-refractivity contribution in [3.05, 3.63) is 10.0 Å². The number of hydrogen-bond acceptors (Lipinski definition) is 5. The van der Waals surface area contributed by atoms with Crippen LogP contribution in [0.25, 0.3) is 0 Å². The predicted octanol–water partition coefficient (Wildman–Crippen LogP) is 3.74. The van der Waals surface area contributed by atoms with Crippen LogP contribution < -0.4 is 4.90 Å². The maximum absolute atomic E-state index is 11.5. The number of methoxy groups -OCH3 is 1. The summed E-state index contributed by atoms with van der Waals surface area (Å²) in [7, 11) is 3.39. The molecule has 2 rings (SSSR count). The highest BCUT2D eigenvalue weighted by molar-refractivity contribution is 7.18. The normalized spacial score (nSPS) is 17.0. The fraction of sp³-hybridized carbons (Fsp3) is 0.692. The number of esters is 1. The summed E-state index contributed by atoms with van der Waals surface area (Å²) in [6.07, 6.45) is 7.52. The Labute approximate surface area is 122 Å². The summed E-state index contributed by atoms with van der Waals surface area (Å²) in [5.41, 5.74) is 0. The van der Waals surface area contributed by atoms with Gasteiger partial charge >= 0.3 is 5.97 Å². The largest absolute Gasteiger partial charge is 0.465 e. The molecule has 6 heteroatoms. The molecule has 1 saturated carbocycles. The molecule has 4 nitrogen and oxygen atoms in total. The minimum absolute atomic E-state index is 0.243. The Bertz CT molecular complexity index is 442. The summed E-state index contributed by atoms with van der Waals surface area (Å²) in [6.45, 7) is 0. The molecular weight excluding hydrogens is 284 g/mol. The molecular formula is C13H19ClN2O2S. The van der Waals surface area contributed by atoms with Crippen LogP contribution in [0.1, 0.15) is 48.2 Å². The van der Waals surface area contributed by atoms with E-state index in [1.54, 1.807) is 0 Å². The number of hydrogen-bond donors (Lipinski definition) is 0. The molecule has 0 aromatic carbocycles. The van der Waals surface area contributed by atoms with Crippen molar-refractivity contribution in [1.82, 2.24) is 4.98 Å². The van der Waals surface area contributed by atoms with E-state index < -0.39 is 5.97 Å². The number of rotatable bonds is 3. The van der Waals surface area contributed by atoms with E-state index in [1.165, 1.54) is 57.0 Å². The van der Waals surface area contributed by atoms with Crippen molar-refractivity contribution in [1.29, 1.82) is 0 Å². The standard InChI is InChI=1S/C13H19ClN2O2S/c1-16(9-7-5-3-4-6-8-9)13-15-11(14)10(19-13)12(17)18-2/h9H,3-8H2,1-2H3. The summed E-state index contributed by atoms with van der Waals surface area (Å²) in [6, 6.07) is 0.496. The molecule has 0 atom stereocenters. The van der Waals surface area contributed by atoms with E-state index in [4.69, 9.17) is 16.3 Å². The molecule has 1 aliphatic rings. The first-order valence-electron chi connectivity index (χ1n) is 6.61. The summed E-state index contributed by atoms with van der Waals surface area (Å²) < 4.78 is 4.70. The minimum atomic E-state index is -0.414. The van der Waals surface area contributed by atoms with E-state index in [-0.39, 0.29) is 5.15 Å². The third kappa shape index (κ3) is 3.39. The average Bonchev–Trinajstić information content (AvgIpc) is 2.65. The quantitative estimate of drug-likeness (QED) is 0.630. The average molecular weight is 303 g/mol. The molecule has 106 valence electrons. The first-order chi connectivity index (χ1) is 9.13. The Kier molecular flexibility index (Phi) is 5.05. The van der Waals surface area contributed by atoms with Gasteiger partial charge in [0, 0.05) is 13.1 Å². The molecule has 19 heavy (non-hydrogen) atoms. The molecule has 1 aromatic heterocycles. The van der Waals surface area contributed by atoms with Crippen molar-refractivity contribution in [2.45, 2.75) is 44.6 Å². The monoisotopic (exact) mass is 302 g/mol. The Morgan fingerprint density at radius 3 is 2.58 bits per heavy atom. The second kappa shape index (κ2) is 6.57. The van der Waals surface area contributed by atoms with E-state index in [2.05, 4.69) is 9.88 Å². The lowest BCUT2D eigenvalue weighted by molar-refractivity contribution is 0.0606. The topological polar surface area (TPSA) is 42.4 Å². The molecule has 1 fully saturated rings. The fourth-order valence-corrected chi connectivity index (χ4v) is 3.69. The van der Waals surface area contributed by atoms with Gasteiger partial charge in [-0.2, -0.15) is 0 Å². The highest BCUT2D eigenvalue weighted by atomic mass is 35.5. The van der Waals surface area contributed by atoms with Gasteiger partial charge in [0.25, 0.3) is 0 Å². The van der Waals surface area contributed by atoms with Crippen molar-refractivity contribution in [2.75, 3.05) is 19.1 Å². The lowest BCUT2D eigenvalue weighted by Crippen LogP contribution is -2.30. The minimum Gasteiger partial charge on any atom is -0.465 e. The van der Waals surface area contributed by atoms with Crippen LogP contribution in [0.2, 0.25) is 5.15 Å². The van der Waals surface area contributed by atoms with E-state index in [0.717, 1.165) is 5.13 Å². The van der Waals surface area contributed by atoms with Crippen LogP contribution in [0, 0.1) is 0 Å². The number of anilines is 1. The molecule has 1 aromatic rings. The molecule has 0 aliphatic heterocycles. The van der Waals surface area contributed by atoms with Crippen molar-refractivity contribution in [3.63, 3.8) is 0 Å². The van der Waals surface area contributed by atoms with Crippen molar-refractivity contribution in [3.8, 4) is 0 Å². The van der Waals surface area contributed by atoms with Crippen molar-refractivity contribution >= 4 is 34.0 Å². The molecule has 0 unspecified atom stereocenters. The molecule has 0 saturated heterocycles. The van der Waals surface area contributed by atoms with Crippen LogP contribution in [-0.2, 0) is 4.74 Å². The maximum Gasteiger partial charge on any atom is 0.351 e. The lowest BCUT2D eigenvalue weighted by Gasteiger charge is -2.26. The van der Waals surface area contributed by atoms with Gasteiger partial charge in [0.1, 0.15) is 0 Å². The Morgan fingerprint density at radius 2 is 2.00 bits per heavy atom. The number of aromatic nitrogens is 1. The number of halogens is 1. The first kappa shape index (κ1) is 14.6. The van der Waals surface area contributed by atoms with Crippen LogP contribution in [0.5, 0.6) is 0 Å². The fourth-order valence-electron chi connectivity index (χ4n) is 2.46. The van der Waals surface area contributed by atoms with E-state index in [0.29, 0.717) is 10.9 Å². The summed E-state index contributed by atoms with van der Waals surface area (Å²) in [4.78, 5) is 18.4.